The van der Waals surface area contributed by atoms with E-state index >= 15 is 0 Å². The smallest absolute Gasteiger partial charge is 0.321 e. The van der Waals surface area contributed by atoms with Crippen LogP contribution in [0.5, 0.6) is 5.75 Å². The van der Waals surface area contributed by atoms with Gasteiger partial charge in [-0.2, -0.15) is 4.72 Å². The Hall–Kier alpha value is -2.46. The second-order valence-electron chi connectivity index (χ2n) is 5.00. The van der Waals surface area contributed by atoms with Crippen molar-refractivity contribution < 1.29 is 31.6 Å². The minimum atomic E-state index is -3.92. The van der Waals surface area contributed by atoms with Crippen molar-refractivity contribution in [2.24, 2.45) is 0 Å². The van der Waals surface area contributed by atoms with Gasteiger partial charge < -0.3 is 14.0 Å². The molecule has 0 atom stereocenters. The van der Waals surface area contributed by atoms with Crippen LogP contribution < -0.4 is 9.46 Å². The number of halogens is 1. The molecule has 0 aliphatic rings. The second kappa shape index (κ2) is 8.08. The minimum Gasteiger partial charge on any atom is -0.490 e. The normalized spacial score (nSPS) is 11.3. The Bertz CT molecular complexity index is 813. The van der Waals surface area contributed by atoms with Gasteiger partial charge in [-0.05, 0) is 38.1 Å². The van der Waals surface area contributed by atoms with Crippen molar-refractivity contribution in [1.82, 2.24) is 9.88 Å². The van der Waals surface area contributed by atoms with Crippen LogP contribution in [0, 0.1) is 19.7 Å². The van der Waals surface area contributed by atoms with E-state index in [1.807, 2.05) is 0 Å². The molecular weight excluding hydrogens is 355 g/mol. The molecule has 0 saturated carbocycles. The molecule has 0 aliphatic carbocycles. The molecule has 136 valence electrons. The van der Waals surface area contributed by atoms with E-state index in [-0.39, 0.29) is 35.4 Å². The lowest BCUT2D eigenvalue weighted by atomic mass is 10.3. The summed E-state index contributed by atoms with van der Waals surface area (Å²) in [5.74, 6) is -0.593. The van der Waals surface area contributed by atoms with E-state index in [9.17, 15) is 17.6 Å². The lowest BCUT2D eigenvalue weighted by Crippen LogP contribution is -2.31. The highest BCUT2D eigenvalue weighted by molar-refractivity contribution is 7.89. The quantitative estimate of drug-likeness (QED) is 0.550. The molecular formula is C15H17FN2O6S. The molecule has 8 nitrogen and oxygen atoms in total. The molecule has 0 spiro atoms. The standard InChI is InChI=1S/C15H17FN2O6S/c1-10-15(11(2)24-18-10)25(20,21)17-9-14(19)23-8-7-22-13-5-3-12(16)4-6-13/h3-6,17H,7-9H2,1-2H3. The summed E-state index contributed by atoms with van der Waals surface area (Å²) in [4.78, 5) is 11.5. The highest BCUT2D eigenvalue weighted by Crippen LogP contribution is 2.18. The highest BCUT2D eigenvalue weighted by atomic mass is 32.2. The first-order chi connectivity index (χ1) is 11.8. The van der Waals surface area contributed by atoms with Gasteiger partial charge in [-0.3, -0.25) is 4.79 Å². The Morgan fingerprint density at radius 3 is 2.52 bits per heavy atom. The first-order valence-corrected chi connectivity index (χ1v) is 8.74. The minimum absolute atomic E-state index is 0.0496. The molecule has 0 bridgehead atoms. The Morgan fingerprint density at radius 1 is 1.24 bits per heavy atom. The summed E-state index contributed by atoms with van der Waals surface area (Å²) in [6.07, 6.45) is 0. The van der Waals surface area contributed by atoms with E-state index in [4.69, 9.17) is 14.0 Å². The van der Waals surface area contributed by atoms with E-state index < -0.39 is 22.5 Å². The number of esters is 1. The molecule has 0 unspecified atom stereocenters. The molecule has 1 N–H and O–H groups in total. The van der Waals surface area contributed by atoms with Crippen LogP contribution in [0.3, 0.4) is 0 Å². The number of rotatable bonds is 8. The molecule has 0 fully saturated rings. The van der Waals surface area contributed by atoms with E-state index in [2.05, 4.69) is 9.88 Å². The number of ether oxygens (including phenoxy) is 2. The number of hydrogen-bond acceptors (Lipinski definition) is 7. The number of benzene rings is 1. The SMILES string of the molecule is Cc1noc(C)c1S(=O)(=O)NCC(=O)OCCOc1ccc(F)cc1. The molecule has 1 aromatic heterocycles. The lowest BCUT2D eigenvalue weighted by molar-refractivity contribution is -0.142. The fourth-order valence-corrected chi connectivity index (χ4v) is 3.28. The fraction of sp³-hybridized carbons (Fsp3) is 0.333. The largest absolute Gasteiger partial charge is 0.490 e. The third kappa shape index (κ3) is 5.26. The topological polar surface area (TPSA) is 108 Å². The summed E-state index contributed by atoms with van der Waals surface area (Å²) in [7, 11) is -3.92. The number of carbonyl (C=O) groups is 1. The first-order valence-electron chi connectivity index (χ1n) is 7.26. The van der Waals surface area contributed by atoms with Gasteiger partial charge in [0.05, 0.1) is 0 Å². The van der Waals surface area contributed by atoms with Crippen molar-refractivity contribution in [3.63, 3.8) is 0 Å². The fourth-order valence-electron chi connectivity index (χ4n) is 1.98. The predicted molar refractivity (Wildman–Crippen MR) is 84.0 cm³/mol. The molecule has 0 amide bonds. The number of hydrogen-bond donors (Lipinski definition) is 1. The average molecular weight is 372 g/mol. The summed E-state index contributed by atoms with van der Waals surface area (Å²) in [5, 5.41) is 3.55. The summed E-state index contributed by atoms with van der Waals surface area (Å²) in [6.45, 7) is 2.37. The molecule has 25 heavy (non-hydrogen) atoms. The Balaban J connectivity index is 1.74. The molecule has 0 saturated heterocycles. The molecule has 0 aliphatic heterocycles. The van der Waals surface area contributed by atoms with Crippen molar-refractivity contribution in [2.45, 2.75) is 18.7 Å². The number of aromatic nitrogens is 1. The molecule has 2 aromatic rings. The monoisotopic (exact) mass is 372 g/mol. The number of nitrogens with one attached hydrogen (secondary N) is 1. The molecule has 10 heteroatoms. The van der Waals surface area contributed by atoms with E-state index in [0.29, 0.717) is 5.75 Å². The number of aryl methyl sites for hydroxylation is 2. The molecule has 2 rings (SSSR count). The number of carbonyl (C=O) groups excluding carboxylic acids is 1. The second-order valence-corrected chi connectivity index (χ2v) is 6.70. The summed E-state index contributed by atoms with van der Waals surface area (Å²) in [5.41, 5.74) is 0.200. The number of sulfonamides is 1. The zero-order valence-electron chi connectivity index (χ0n) is 13.6. The summed E-state index contributed by atoms with van der Waals surface area (Å²) < 4.78 is 54.0. The molecule has 1 aromatic carbocycles. The van der Waals surface area contributed by atoms with Gasteiger partial charge in [-0.15, -0.1) is 0 Å². The summed E-state index contributed by atoms with van der Waals surface area (Å²) >= 11 is 0. The van der Waals surface area contributed by atoms with Crippen LogP contribution in [0.25, 0.3) is 0 Å². The van der Waals surface area contributed by atoms with Crippen LogP contribution in [0.15, 0.2) is 33.7 Å². The predicted octanol–water partition coefficient (Wildman–Crippen LogP) is 1.33. The van der Waals surface area contributed by atoms with Gasteiger partial charge in [-0.1, -0.05) is 5.16 Å². The van der Waals surface area contributed by atoms with E-state index in [1.54, 1.807) is 0 Å². The van der Waals surface area contributed by atoms with Gasteiger partial charge in [0.1, 0.15) is 41.9 Å². The van der Waals surface area contributed by atoms with Gasteiger partial charge in [0.15, 0.2) is 5.76 Å². The van der Waals surface area contributed by atoms with Crippen molar-refractivity contribution in [1.29, 1.82) is 0 Å². The van der Waals surface area contributed by atoms with Gasteiger partial charge in [0.2, 0.25) is 10.0 Å². The van der Waals surface area contributed by atoms with Gasteiger partial charge in [-0.25, -0.2) is 12.8 Å². The Morgan fingerprint density at radius 2 is 1.92 bits per heavy atom. The Kier molecular flexibility index (Phi) is 6.10. The molecule has 1 heterocycles. The van der Waals surface area contributed by atoms with Gasteiger partial charge in [0, 0.05) is 0 Å². The van der Waals surface area contributed by atoms with Crippen LogP contribution >= 0.6 is 0 Å². The van der Waals surface area contributed by atoms with Crippen LogP contribution in [-0.2, 0) is 19.6 Å². The lowest BCUT2D eigenvalue weighted by Gasteiger charge is -2.08. The molecule has 0 radical (unpaired) electrons. The first kappa shape index (κ1) is 18.9. The van der Waals surface area contributed by atoms with Crippen molar-refractivity contribution in [2.75, 3.05) is 19.8 Å². The van der Waals surface area contributed by atoms with Crippen molar-refractivity contribution in [3.05, 3.63) is 41.5 Å². The van der Waals surface area contributed by atoms with Crippen LogP contribution in [-0.4, -0.2) is 39.3 Å². The summed E-state index contributed by atoms with van der Waals surface area (Å²) in [6, 6.07) is 5.36. The van der Waals surface area contributed by atoms with E-state index in [0.717, 1.165) is 0 Å². The van der Waals surface area contributed by atoms with Gasteiger partial charge >= 0.3 is 5.97 Å². The van der Waals surface area contributed by atoms with Crippen molar-refractivity contribution >= 4 is 16.0 Å². The highest BCUT2D eigenvalue weighted by Gasteiger charge is 2.24. The zero-order valence-corrected chi connectivity index (χ0v) is 14.4. The van der Waals surface area contributed by atoms with E-state index in [1.165, 1.54) is 38.1 Å². The third-order valence-electron chi connectivity index (χ3n) is 3.07. The maximum atomic E-state index is 12.7. The average Bonchev–Trinajstić information content (AvgIpc) is 2.91. The van der Waals surface area contributed by atoms with Crippen LogP contribution in [0.1, 0.15) is 11.5 Å². The van der Waals surface area contributed by atoms with Crippen molar-refractivity contribution in [3.8, 4) is 5.75 Å². The number of nitrogens with zero attached hydrogens (tertiary/aromatic N) is 1. The maximum absolute atomic E-state index is 12.7. The van der Waals surface area contributed by atoms with Crippen LogP contribution in [0.4, 0.5) is 4.39 Å². The zero-order chi connectivity index (χ0) is 18.4. The van der Waals surface area contributed by atoms with Gasteiger partial charge in [0.25, 0.3) is 0 Å². The third-order valence-corrected chi connectivity index (χ3v) is 4.72. The van der Waals surface area contributed by atoms with Crippen LogP contribution in [0.2, 0.25) is 0 Å². The Labute approximate surface area is 144 Å². The maximum Gasteiger partial charge on any atom is 0.321 e.